The summed E-state index contributed by atoms with van der Waals surface area (Å²) in [4.78, 5) is 0. The van der Waals surface area contributed by atoms with E-state index in [4.69, 9.17) is 11.0 Å². The van der Waals surface area contributed by atoms with Gasteiger partial charge in [0.2, 0.25) is 0 Å². The molecule has 0 saturated heterocycles. The van der Waals surface area contributed by atoms with Crippen LogP contribution < -0.4 is 5.73 Å². The molecule has 14 heavy (non-hydrogen) atoms. The molecule has 0 amide bonds. The quantitative estimate of drug-likeness (QED) is 0.781. The van der Waals surface area contributed by atoms with Crippen molar-refractivity contribution in [2.24, 2.45) is 11.7 Å². The molecular weight excluding hydrogens is 179 g/mol. The third-order valence-corrected chi connectivity index (χ3v) is 2.21. The molecule has 0 radical (unpaired) electrons. The highest BCUT2D eigenvalue weighted by atomic mass is 19.1. The summed E-state index contributed by atoms with van der Waals surface area (Å²) in [5, 5.41) is 8.55. The summed E-state index contributed by atoms with van der Waals surface area (Å²) in [7, 11) is 0. The van der Waals surface area contributed by atoms with Crippen molar-refractivity contribution in [3.05, 3.63) is 35.1 Å². The predicted octanol–water partition coefficient (Wildman–Crippen LogP) is 2.35. The lowest BCUT2D eigenvalue weighted by atomic mass is 9.96. The molecule has 0 aromatic heterocycles. The maximum Gasteiger partial charge on any atom is 0.129 e. The summed E-state index contributed by atoms with van der Waals surface area (Å²) in [6, 6.07) is 5.95. The zero-order valence-electron chi connectivity index (χ0n) is 8.29. The molecule has 0 unspecified atom stereocenters. The molecule has 0 fully saturated rings. The first-order valence-corrected chi connectivity index (χ1v) is 4.51. The number of benzene rings is 1. The van der Waals surface area contributed by atoms with Crippen molar-refractivity contribution in [3.63, 3.8) is 0 Å². The number of nitriles is 1. The van der Waals surface area contributed by atoms with Crippen molar-refractivity contribution in [1.29, 1.82) is 5.26 Å². The van der Waals surface area contributed by atoms with Crippen LogP contribution in [0.15, 0.2) is 18.2 Å². The average molecular weight is 192 g/mol. The van der Waals surface area contributed by atoms with E-state index in [1.54, 1.807) is 12.1 Å². The molecule has 3 heteroatoms. The van der Waals surface area contributed by atoms with Gasteiger partial charge < -0.3 is 5.73 Å². The normalized spacial score (nSPS) is 12.6. The van der Waals surface area contributed by atoms with Gasteiger partial charge in [-0.1, -0.05) is 19.9 Å². The number of nitrogens with zero attached hydrogens (tertiary/aromatic N) is 1. The van der Waals surface area contributed by atoms with Crippen molar-refractivity contribution in [2.75, 3.05) is 0 Å². The Morgan fingerprint density at radius 1 is 1.43 bits per heavy atom. The molecule has 2 N–H and O–H groups in total. The number of rotatable bonds is 2. The summed E-state index contributed by atoms with van der Waals surface area (Å²) >= 11 is 0. The Morgan fingerprint density at radius 3 is 2.50 bits per heavy atom. The third kappa shape index (κ3) is 2.09. The summed E-state index contributed by atoms with van der Waals surface area (Å²) in [6.07, 6.45) is 0. The largest absolute Gasteiger partial charge is 0.324 e. The molecule has 1 aromatic rings. The van der Waals surface area contributed by atoms with Crippen molar-refractivity contribution in [1.82, 2.24) is 0 Å². The van der Waals surface area contributed by atoms with Gasteiger partial charge in [-0.15, -0.1) is 0 Å². The Morgan fingerprint density at radius 2 is 2.07 bits per heavy atom. The molecule has 0 aliphatic heterocycles. The maximum atomic E-state index is 13.4. The van der Waals surface area contributed by atoms with E-state index in [1.165, 1.54) is 6.07 Å². The van der Waals surface area contributed by atoms with E-state index in [1.807, 2.05) is 19.9 Å². The fraction of sp³-hybridized carbons (Fsp3) is 0.364. The summed E-state index contributed by atoms with van der Waals surface area (Å²) in [5.74, 6) is -0.220. The van der Waals surface area contributed by atoms with E-state index < -0.39 is 5.82 Å². The highest BCUT2D eigenvalue weighted by Gasteiger charge is 2.14. The minimum absolute atomic E-state index is 0.178. The van der Waals surface area contributed by atoms with Gasteiger partial charge in [-0.3, -0.25) is 0 Å². The lowest BCUT2D eigenvalue weighted by Crippen LogP contribution is -2.18. The van der Waals surface area contributed by atoms with Gasteiger partial charge in [-0.25, -0.2) is 4.39 Å². The molecule has 0 aliphatic rings. The second kappa shape index (κ2) is 4.21. The first-order valence-electron chi connectivity index (χ1n) is 4.51. The van der Waals surface area contributed by atoms with Gasteiger partial charge in [0.25, 0.3) is 0 Å². The topological polar surface area (TPSA) is 49.8 Å². The molecule has 74 valence electrons. The zero-order chi connectivity index (χ0) is 10.7. The fourth-order valence-corrected chi connectivity index (χ4v) is 1.23. The predicted molar refractivity (Wildman–Crippen MR) is 52.9 cm³/mol. The molecule has 0 aliphatic carbocycles. The average Bonchev–Trinajstić information content (AvgIpc) is 2.16. The van der Waals surface area contributed by atoms with E-state index in [9.17, 15) is 4.39 Å². The lowest BCUT2D eigenvalue weighted by Gasteiger charge is -2.16. The molecule has 0 spiro atoms. The van der Waals surface area contributed by atoms with Crippen LogP contribution in [0.3, 0.4) is 0 Å². The van der Waals surface area contributed by atoms with Gasteiger partial charge in [0.1, 0.15) is 5.82 Å². The highest BCUT2D eigenvalue weighted by Crippen LogP contribution is 2.22. The van der Waals surface area contributed by atoms with Crippen LogP contribution in [-0.4, -0.2) is 0 Å². The minimum Gasteiger partial charge on any atom is -0.324 e. The van der Waals surface area contributed by atoms with Gasteiger partial charge in [0.15, 0.2) is 0 Å². The van der Waals surface area contributed by atoms with E-state index >= 15 is 0 Å². The second-order valence-corrected chi connectivity index (χ2v) is 3.62. The molecule has 0 bridgehead atoms. The van der Waals surface area contributed by atoms with Crippen LogP contribution in [-0.2, 0) is 0 Å². The molecule has 0 heterocycles. The number of hydrogen-bond donors (Lipinski definition) is 1. The van der Waals surface area contributed by atoms with E-state index in [0.717, 1.165) is 0 Å². The molecule has 2 nitrogen and oxygen atoms in total. The maximum absolute atomic E-state index is 13.4. The minimum atomic E-state index is -0.398. The number of nitrogens with two attached hydrogens (primary N) is 1. The Kier molecular flexibility index (Phi) is 3.21. The van der Waals surface area contributed by atoms with Crippen LogP contribution in [0.5, 0.6) is 0 Å². The molecule has 1 rings (SSSR count). The third-order valence-electron chi connectivity index (χ3n) is 2.21. The van der Waals surface area contributed by atoms with E-state index in [-0.39, 0.29) is 12.0 Å². The fourth-order valence-electron chi connectivity index (χ4n) is 1.23. The van der Waals surface area contributed by atoms with Gasteiger partial charge in [0.05, 0.1) is 11.6 Å². The first-order chi connectivity index (χ1) is 6.56. The Balaban J connectivity index is 3.07. The second-order valence-electron chi connectivity index (χ2n) is 3.62. The van der Waals surface area contributed by atoms with Gasteiger partial charge in [-0.2, -0.15) is 5.26 Å². The SMILES string of the molecule is CC(C)[C@H](N)c1ccc(C#N)cc1F. The number of halogens is 1. The Hall–Kier alpha value is -1.40. The van der Waals surface area contributed by atoms with Crippen LogP contribution >= 0.6 is 0 Å². The van der Waals surface area contributed by atoms with Crippen LogP contribution in [0.1, 0.15) is 31.0 Å². The molecule has 1 atom stereocenters. The van der Waals surface area contributed by atoms with Crippen molar-refractivity contribution in [3.8, 4) is 6.07 Å². The van der Waals surface area contributed by atoms with Gasteiger partial charge >= 0.3 is 0 Å². The molecule has 1 aromatic carbocycles. The van der Waals surface area contributed by atoms with E-state index in [2.05, 4.69) is 0 Å². The Labute approximate surface area is 83.2 Å². The number of hydrogen-bond acceptors (Lipinski definition) is 2. The highest BCUT2D eigenvalue weighted by molar-refractivity contribution is 5.34. The van der Waals surface area contributed by atoms with Crippen LogP contribution in [0.2, 0.25) is 0 Å². The van der Waals surface area contributed by atoms with Gasteiger partial charge in [-0.05, 0) is 18.1 Å². The first kappa shape index (κ1) is 10.7. The van der Waals surface area contributed by atoms with Crippen LogP contribution in [0.4, 0.5) is 4.39 Å². The van der Waals surface area contributed by atoms with Gasteiger partial charge in [0, 0.05) is 11.6 Å². The smallest absolute Gasteiger partial charge is 0.129 e. The molecule has 0 saturated carbocycles. The monoisotopic (exact) mass is 192 g/mol. The van der Waals surface area contributed by atoms with E-state index in [0.29, 0.717) is 11.1 Å². The zero-order valence-corrected chi connectivity index (χ0v) is 8.29. The molecular formula is C11H13FN2. The summed E-state index contributed by atoms with van der Waals surface area (Å²) < 4.78 is 13.4. The standard InChI is InChI=1S/C11H13FN2/c1-7(2)11(14)9-4-3-8(6-13)5-10(9)12/h3-5,7,11H,14H2,1-2H3/t11-/m0/s1. The Bertz CT molecular complexity index is 366. The van der Waals surface area contributed by atoms with Crippen molar-refractivity contribution in [2.45, 2.75) is 19.9 Å². The van der Waals surface area contributed by atoms with Crippen molar-refractivity contribution < 1.29 is 4.39 Å². The lowest BCUT2D eigenvalue weighted by molar-refractivity contribution is 0.485. The summed E-state index contributed by atoms with van der Waals surface area (Å²) in [5.41, 5.74) is 6.60. The van der Waals surface area contributed by atoms with Crippen molar-refractivity contribution >= 4 is 0 Å². The summed E-state index contributed by atoms with van der Waals surface area (Å²) in [6.45, 7) is 3.87. The van der Waals surface area contributed by atoms with Crippen LogP contribution in [0, 0.1) is 23.1 Å². The van der Waals surface area contributed by atoms with Crippen LogP contribution in [0.25, 0.3) is 0 Å².